The number of amides is 2. The summed E-state index contributed by atoms with van der Waals surface area (Å²) in [6.45, 7) is 0. The van der Waals surface area contributed by atoms with Crippen LogP contribution in [0.2, 0.25) is 0 Å². The second kappa shape index (κ2) is 7.55. The first-order valence-corrected chi connectivity index (χ1v) is 8.83. The number of hydrogen-bond donors (Lipinski definition) is 3. The molecular weight excluding hydrogens is 397 g/mol. The molecular formula is C18H13F3N2O4S. The molecule has 146 valence electrons. The number of benzene rings is 2. The number of halogens is 3. The molecule has 1 heterocycles. The van der Waals surface area contributed by atoms with E-state index in [1.54, 1.807) is 0 Å². The number of fused-ring (bicyclic) bond motifs is 1. The maximum Gasteiger partial charge on any atom is 0.416 e. The van der Waals surface area contributed by atoms with Gasteiger partial charge in [0, 0.05) is 17.0 Å². The van der Waals surface area contributed by atoms with Gasteiger partial charge in [0.15, 0.2) is 0 Å². The lowest BCUT2D eigenvalue weighted by Crippen LogP contribution is -2.32. The molecule has 0 saturated heterocycles. The summed E-state index contributed by atoms with van der Waals surface area (Å²) in [6.07, 6.45) is -4.75. The van der Waals surface area contributed by atoms with Gasteiger partial charge in [0.25, 0.3) is 0 Å². The van der Waals surface area contributed by atoms with Crippen LogP contribution in [0.3, 0.4) is 0 Å². The number of carboxylic acids is 1. The van der Waals surface area contributed by atoms with E-state index in [-0.39, 0.29) is 23.4 Å². The molecule has 0 aliphatic carbocycles. The van der Waals surface area contributed by atoms with Gasteiger partial charge in [-0.05, 0) is 36.4 Å². The minimum absolute atomic E-state index is 0.00280. The van der Waals surface area contributed by atoms with Gasteiger partial charge in [-0.1, -0.05) is 6.07 Å². The first kappa shape index (κ1) is 19.7. The molecule has 0 spiro atoms. The lowest BCUT2D eigenvalue weighted by atomic mass is 10.1. The molecule has 10 heteroatoms. The van der Waals surface area contributed by atoms with Crippen molar-refractivity contribution < 1.29 is 32.7 Å². The third-order valence-corrected chi connectivity index (χ3v) is 5.17. The van der Waals surface area contributed by atoms with Crippen molar-refractivity contribution in [1.82, 2.24) is 0 Å². The average molecular weight is 410 g/mol. The maximum absolute atomic E-state index is 12.8. The zero-order valence-electron chi connectivity index (χ0n) is 14.0. The first-order chi connectivity index (χ1) is 13.1. The summed E-state index contributed by atoms with van der Waals surface area (Å²) in [5.41, 5.74) is -0.560. The fourth-order valence-electron chi connectivity index (χ4n) is 2.57. The van der Waals surface area contributed by atoms with Gasteiger partial charge in [0.05, 0.1) is 22.1 Å². The highest BCUT2D eigenvalue weighted by Gasteiger charge is 2.34. The molecule has 0 aromatic heterocycles. The van der Waals surface area contributed by atoms with Gasteiger partial charge in [0.2, 0.25) is 11.8 Å². The van der Waals surface area contributed by atoms with Crippen molar-refractivity contribution in [2.45, 2.75) is 22.7 Å². The second-order valence-electron chi connectivity index (χ2n) is 5.94. The lowest BCUT2D eigenvalue weighted by Gasteiger charge is -2.24. The SMILES string of the molecule is O=C(C[C@@H]1Sc2ccc(C(F)(F)F)cc2NC1=O)Nc1cccc(C(=O)O)c1. The quantitative estimate of drug-likeness (QED) is 0.712. The van der Waals surface area contributed by atoms with Gasteiger partial charge >= 0.3 is 12.1 Å². The van der Waals surface area contributed by atoms with Crippen LogP contribution in [0, 0.1) is 0 Å². The predicted octanol–water partition coefficient (Wildman–Crippen LogP) is 3.85. The molecule has 0 fully saturated rings. The molecule has 0 unspecified atom stereocenters. The Labute approximate surface area is 161 Å². The van der Waals surface area contributed by atoms with Gasteiger partial charge < -0.3 is 15.7 Å². The summed E-state index contributed by atoms with van der Waals surface area (Å²) in [7, 11) is 0. The number of carboxylic acid groups (broad SMARTS) is 1. The first-order valence-electron chi connectivity index (χ1n) is 7.95. The Morgan fingerprint density at radius 2 is 1.93 bits per heavy atom. The highest BCUT2D eigenvalue weighted by molar-refractivity contribution is 8.01. The van der Waals surface area contributed by atoms with E-state index in [1.807, 2.05) is 0 Å². The fourth-order valence-corrected chi connectivity index (χ4v) is 3.66. The van der Waals surface area contributed by atoms with Crippen LogP contribution in [0.4, 0.5) is 24.5 Å². The summed E-state index contributed by atoms with van der Waals surface area (Å²) in [5.74, 6) is -2.25. The summed E-state index contributed by atoms with van der Waals surface area (Å²) >= 11 is 0.997. The van der Waals surface area contributed by atoms with E-state index in [9.17, 15) is 27.6 Å². The van der Waals surface area contributed by atoms with Gasteiger partial charge in [-0.2, -0.15) is 13.2 Å². The van der Waals surface area contributed by atoms with Gasteiger partial charge in [-0.15, -0.1) is 11.8 Å². The van der Waals surface area contributed by atoms with Crippen LogP contribution in [-0.2, 0) is 15.8 Å². The molecule has 0 saturated carbocycles. The van der Waals surface area contributed by atoms with Gasteiger partial charge in [0.1, 0.15) is 0 Å². The van der Waals surface area contributed by atoms with Crippen molar-refractivity contribution in [3.05, 3.63) is 53.6 Å². The minimum Gasteiger partial charge on any atom is -0.478 e. The summed E-state index contributed by atoms with van der Waals surface area (Å²) < 4.78 is 38.3. The average Bonchev–Trinajstić information content (AvgIpc) is 2.61. The van der Waals surface area contributed by atoms with E-state index < -0.39 is 34.8 Å². The van der Waals surface area contributed by atoms with Crippen LogP contribution in [0.1, 0.15) is 22.3 Å². The Hall–Kier alpha value is -3.01. The zero-order chi connectivity index (χ0) is 20.5. The van der Waals surface area contributed by atoms with Crippen LogP contribution in [0.25, 0.3) is 0 Å². The van der Waals surface area contributed by atoms with E-state index in [0.29, 0.717) is 4.90 Å². The molecule has 3 N–H and O–H groups in total. The van der Waals surface area contributed by atoms with Crippen LogP contribution in [-0.4, -0.2) is 28.1 Å². The lowest BCUT2D eigenvalue weighted by molar-refractivity contribution is -0.137. The Bertz CT molecular complexity index is 962. The molecule has 2 aromatic carbocycles. The number of nitrogens with one attached hydrogen (secondary N) is 2. The highest BCUT2D eigenvalue weighted by atomic mass is 32.2. The molecule has 2 aromatic rings. The number of anilines is 2. The Balaban J connectivity index is 1.69. The Morgan fingerprint density at radius 3 is 2.61 bits per heavy atom. The summed E-state index contributed by atoms with van der Waals surface area (Å²) in [5, 5.41) is 13.0. The second-order valence-corrected chi connectivity index (χ2v) is 7.19. The predicted molar refractivity (Wildman–Crippen MR) is 96.4 cm³/mol. The zero-order valence-corrected chi connectivity index (χ0v) is 14.9. The van der Waals surface area contributed by atoms with Crippen LogP contribution < -0.4 is 10.6 Å². The number of thioether (sulfide) groups is 1. The van der Waals surface area contributed by atoms with Crippen molar-refractivity contribution in [3.8, 4) is 0 Å². The maximum atomic E-state index is 12.8. The van der Waals surface area contributed by atoms with Crippen LogP contribution >= 0.6 is 11.8 Å². The van der Waals surface area contributed by atoms with Crippen molar-refractivity contribution in [2.75, 3.05) is 10.6 Å². The molecule has 0 radical (unpaired) electrons. The fraction of sp³-hybridized carbons (Fsp3) is 0.167. The molecule has 1 aliphatic heterocycles. The highest BCUT2D eigenvalue weighted by Crippen LogP contribution is 2.40. The van der Waals surface area contributed by atoms with E-state index in [0.717, 1.165) is 23.9 Å². The number of aromatic carboxylic acids is 1. The summed E-state index contributed by atoms with van der Waals surface area (Å²) in [6, 6.07) is 8.65. The van der Waals surface area contributed by atoms with E-state index in [1.165, 1.54) is 30.3 Å². The van der Waals surface area contributed by atoms with E-state index >= 15 is 0 Å². The van der Waals surface area contributed by atoms with Gasteiger partial charge in [-0.25, -0.2) is 4.79 Å². The minimum atomic E-state index is -4.52. The Morgan fingerprint density at radius 1 is 1.18 bits per heavy atom. The van der Waals surface area contributed by atoms with Crippen molar-refractivity contribution in [1.29, 1.82) is 0 Å². The molecule has 0 bridgehead atoms. The molecule has 3 rings (SSSR count). The normalized spacial score (nSPS) is 16.1. The van der Waals surface area contributed by atoms with Crippen molar-refractivity contribution >= 4 is 40.9 Å². The molecule has 2 amide bonds. The number of hydrogen-bond acceptors (Lipinski definition) is 4. The summed E-state index contributed by atoms with van der Waals surface area (Å²) in [4.78, 5) is 35.8. The van der Waals surface area contributed by atoms with E-state index in [2.05, 4.69) is 10.6 Å². The molecule has 6 nitrogen and oxygen atoms in total. The third-order valence-electron chi connectivity index (χ3n) is 3.89. The number of carbonyl (C=O) groups excluding carboxylic acids is 2. The van der Waals surface area contributed by atoms with Crippen molar-refractivity contribution in [2.24, 2.45) is 0 Å². The van der Waals surface area contributed by atoms with Crippen LogP contribution in [0.5, 0.6) is 0 Å². The van der Waals surface area contributed by atoms with E-state index in [4.69, 9.17) is 5.11 Å². The third kappa shape index (κ3) is 4.45. The number of carbonyl (C=O) groups is 3. The largest absolute Gasteiger partial charge is 0.478 e. The number of rotatable bonds is 4. The van der Waals surface area contributed by atoms with Crippen LogP contribution in [0.15, 0.2) is 47.4 Å². The van der Waals surface area contributed by atoms with Gasteiger partial charge in [-0.3, -0.25) is 9.59 Å². The topological polar surface area (TPSA) is 95.5 Å². The molecule has 1 atom stereocenters. The molecule has 28 heavy (non-hydrogen) atoms. The van der Waals surface area contributed by atoms with Crippen molar-refractivity contribution in [3.63, 3.8) is 0 Å². The smallest absolute Gasteiger partial charge is 0.416 e. The molecule has 1 aliphatic rings. The standard InChI is InChI=1S/C18H13F3N2O4S/c19-18(20,21)10-4-5-13-12(7-10)23-16(25)14(28-13)8-15(24)22-11-3-1-2-9(6-11)17(26)27/h1-7,14H,8H2,(H,22,24)(H,23,25)(H,26,27)/t14-/m0/s1. The number of alkyl halides is 3. The monoisotopic (exact) mass is 410 g/mol. The Kier molecular flexibility index (Phi) is 5.32.